The summed E-state index contributed by atoms with van der Waals surface area (Å²) in [5, 5.41) is 15.9. The van der Waals surface area contributed by atoms with E-state index in [4.69, 9.17) is 4.74 Å². The molecule has 5 rings (SSSR count). The van der Waals surface area contributed by atoms with Crippen molar-refractivity contribution >= 4 is 23.2 Å². The number of piperidine rings is 1. The number of hydrogen-bond acceptors (Lipinski definition) is 7. The first-order valence-corrected chi connectivity index (χ1v) is 12.9. The molecule has 1 saturated heterocycles. The van der Waals surface area contributed by atoms with Crippen LogP contribution >= 0.6 is 0 Å². The van der Waals surface area contributed by atoms with Crippen molar-refractivity contribution in [2.24, 2.45) is 0 Å². The number of anilines is 2. The quantitative estimate of drug-likeness (QED) is 0.293. The Morgan fingerprint density at radius 1 is 1.18 bits per heavy atom. The molecular weight excluding hydrogens is 501 g/mol. The standard InChI is InChI=1S/C29H32FN5O4/c1-17(36)31-25-14-18(9-11-26(25)37)28-21-13-19(8-10-24(21)33-34-28)29(38)32-20-5-4-12-35(15-20)16-22-23(30)6-3-7-27(22)39-2/h3,6-11,13-14,20,28,33-34,37H,4-5,12,15-16H2,1-2H3,(H,31,36)(H,32,38). The van der Waals surface area contributed by atoms with Crippen molar-refractivity contribution in [3.8, 4) is 11.5 Å². The second-order valence-corrected chi connectivity index (χ2v) is 9.93. The topological polar surface area (TPSA) is 115 Å². The number of nitrogens with zero attached hydrogens (tertiary/aromatic N) is 1. The van der Waals surface area contributed by atoms with E-state index >= 15 is 0 Å². The lowest BCUT2D eigenvalue weighted by Crippen LogP contribution is -2.47. The van der Waals surface area contributed by atoms with Crippen molar-refractivity contribution in [1.29, 1.82) is 0 Å². The normalized spacial score (nSPS) is 18.6. The van der Waals surface area contributed by atoms with Gasteiger partial charge in [0.15, 0.2) is 0 Å². The van der Waals surface area contributed by atoms with Crippen molar-refractivity contribution < 1.29 is 23.8 Å². The van der Waals surface area contributed by atoms with Crippen LogP contribution in [0.3, 0.4) is 0 Å². The highest BCUT2D eigenvalue weighted by molar-refractivity contribution is 5.95. The minimum Gasteiger partial charge on any atom is -0.506 e. The molecule has 2 heterocycles. The van der Waals surface area contributed by atoms with Gasteiger partial charge in [-0.3, -0.25) is 14.5 Å². The zero-order valence-electron chi connectivity index (χ0n) is 21.9. The molecular formula is C29H32FN5O4. The molecule has 0 spiro atoms. The summed E-state index contributed by atoms with van der Waals surface area (Å²) in [6, 6.07) is 14.9. The average molecular weight is 534 g/mol. The fourth-order valence-corrected chi connectivity index (χ4v) is 5.26. The van der Waals surface area contributed by atoms with Crippen LogP contribution in [0.2, 0.25) is 0 Å². The number of halogens is 1. The van der Waals surface area contributed by atoms with Crippen LogP contribution < -0.4 is 26.2 Å². The molecule has 204 valence electrons. The largest absolute Gasteiger partial charge is 0.506 e. The fraction of sp³-hybridized carbons (Fsp3) is 0.310. The van der Waals surface area contributed by atoms with E-state index in [0.717, 1.165) is 36.2 Å². The number of hydrogen-bond donors (Lipinski definition) is 5. The minimum absolute atomic E-state index is 0.0248. The van der Waals surface area contributed by atoms with Crippen molar-refractivity contribution in [1.82, 2.24) is 15.6 Å². The van der Waals surface area contributed by atoms with Crippen molar-refractivity contribution in [2.45, 2.75) is 38.4 Å². The first-order chi connectivity index (χ1) is 18.8. The maximum atomic E-state index is 14.5. The van der Waals surface area contributed by atoms with E-state index in [1.165, 1.54) is 26.2 Å². The lowest BCUT2D eigenvalue weighted by Gasteiger charge is -2.33. The van der Waals surface area contributed by atoms with Crippen molar-refractivity contribution in [3.05, 3.63) is 82.7 Å². The first-order valence-electron chi connectivity index (χ1n) is 12.9. The van der Waals surface area contributed by atoms with Gasteiger partial charge in [-0.15, -0.1) is 0 Å². The van der Waals surface area contributed by atoms with Gasteiger partial charge in [0.25, 0.3) is 5.91 Å². The first kappa shape index (κ1) is 26.5. The Kier molecular flexibility index (Phi) is 7.67. The molecule has 5 N–H and O–H groups in total. The van der Waals surface area contributed by atoms with Gasteiger partial charge in [-0.25, -0.2) is 9.82 Å². The molecule has 2 aliphatic heterocycles. The molecule has 3 aromatic rings. The predicted molar refractivity (Wildman–Crippen MR) is 146 cm³/mol. The summed E-state index contributed by atoms with van der Waals surface area (Å²) >= 11 is 0. The number of benzene rings is 3. The highest BCUT2D eigenvalue weighted by Gasteiger charge is 2.27. The number of carbonyl (C=O) groups is 2. The molecule has 9 nitrogen and oxygen atoms in total. The molecule has 10 heteroatoms. The van der Waals surface area contributed by atoms with Crippen LogP contribution in [-0.2, 0) is 11.3 Å². The molecule has 1 fully saturated rings. The third-order valence-electron chi connectivity index (χ3n) is 7.16. The number of amides is 2. The zero-order chi connectivity index (χ0) is 27.5. The Bertz CT molecular complexity index is 1400. The number of rotatable bonds is 7. The number of likely N-dealkylation sites (tertiary alicyclic amines) is 1. The predicted octanol–water partition coefficient (Wildman–Crippen LogP) is 3.91. The highest BCUT2D eigenvalue weighted by Crippen LogP contribution is 2.36. The van der Waals surface area contributed by atoms with Gasteiger partial charge < -0.3 is 25.9 Å². The molecule has 2 unspecified atom stereocenters. The van der Waals surface area contributed by atoms with Gasteiger partial charge in [0.05, 0.1) is 24.5 Å². The number of carbonyl (C=O) groups excluding carboxylic acids is 2. The van der Waals surface area contributed by atoms with Crippen molar-refractivity contribution in [3.63, 3.8) is 0 Å². The molecule has 2 amide bonds. The molecule has 3 aromatic carbocycles. The van der Waals surface area contributed by atoms with Crippen LogP contribution in [0.15, 0.2) is 54.6 Å². The van der Waals surface area contributed by atoms with E-state index in [9.17, 15) is 19.1 Å². The molecule has 0 saturated carbocycles. The van der Waals surface area contributed by atoms with Gasteiger partial charge in [0.2, 0.25) is 5.91 Å². The molecule has 2 aliphatic rings. The summed E-state index contributed by atoms with van der Waals surface area (Å²) in [5.41, 5.74) is 10.2. The van der Waals surface area contributed by atoms with Gasteiger partial charge in [0.1, 0.15) is 17.3 Å². The summed E-state index contributed by atoms with van der Waals surface area (Å²) in [6.45, 7) is 3.21. The number of methoxy groups -OCH3 is 1. The van der Waals surface area contributed by atoms with Gasteiger partial charge in [-0.05, 0) is 67.4 Å². The SMILES string of the molecule is COc1cccc(F)c1CN1CCCC(NC(=O)c2ccc3c(c2)C(c2ccc(O)c(NC(C)=O)c2)NN3)C1. The van der Waals surface area contributed by atoms with E-state index in [2.05, 4.69) is 26.4 Å². The van der Waals surface area contributed by atoms with Crippen LogP contribution in [0.25, 0.3) is 0 Å². The molecule has 39 heavy (non-hydrogen) atoms. The van der Waals surface area contributed by atoms with Crippen LogP contribution in [0.4, 0.5) is 15.8 Å². The summed E-state index contributed by atoms with van der Waals surface area (Å²) in [4.78, 5) is 26.9. The van der Waals surface area contributed by atoms with E-state index in [1.807, 2.05) is 12.1 Å². The van der Waals surface area contributed by atoms with Crippen LogP contribution in [0.5, 0.6) is 11.5 Å². The number of fused-ring (bicyclic) bond motifs is 1. The molecule has 2 atom stereocenters. The Morgan fingerprint density at radius 3 is 2.82 bits per heavy atom. The summed E-state index contributed by atoms with van der Waals surface area (Å²) in [7, 11) is 1.54. The van der Waals surface area contributed by atoms with Crippen LogP contribution in [0, 0.1) is 5.82 Å². The maximum Gasteiger partial charge on any atom is 0.251 e. The maximum absolute atomic E-state index is 14.5. The Labute approximate surface area is 226 Å². The second kappa shape index (κ2) is 11.3. The molecule has 0 radical (unpaired) electrons. The number of aromatic hydroxyl groups is 1. The Balaban J connectivity index is 1.28. The van der Waals surface area contributed by atoms with E-state index in [1.54, 1.807) is 30.3 Å². The Morgan fingerprint density at radius 2 is 2.03 bits per heavy atom. The van der Waals surface area contributed by atoms with Gasteiger partial charge in [0, 0.05) is 42.7 Å². The fourth-order valence-electron chi connectivity index (χ4n) is 5.26. The average Bonchev–Trinajstić information content (AvgIpc) is 3.34. The number of ether oxygens (including phenoxy) is 1. The molecule has 0 bridgehead atoms. The second-order valence-electron chi connectivity index (χ2n) is 9.93. The third kappa shape index (κ3) is 5.81. The summed E-state index contributed by atoms with van der Waals surface area (Å²) < 4.78 is 19.8. The number of nitrogens with one attached hydrogen (secondary N) is 4. The van der Waals surface area contributed by atoms with E-state index in [-0.39, 0.29) is 35.5 Å². The van der Waals surface area contributed by atoms with Crippen LogP contribution in [-0.4, -0.2) is 48.1 Å². The van der Waals surface area contributed by atoms with E-state index < -0.39 is 0 Å². The lowest BCUT2D eigenvalue weighted by atomic mass is 9.96. The smallest absolute Gasteiger partial charge is 0.251 e. The summed E-state index contributed by atoms with van der Waals surface area (Å²) in [6.07, 6.45) is 1.73. The number of phenolic OH excluding ortho intramolecular Hbond substituents is 1. The molecule has 0 aromatic heterocycles. The highest BCUT2D eigenvalue weighted by atomic mass is 19.1. The monoisotopic (exact) mass is 533 g/mol. The third-order valence-corrected chi connectivity index (χ3v) is 7.16. The van der Waals surface area contributed by atoms with Gasteiger partial charge in [-0.1, -0.05) is 12.1 Å². The molecule has 0 aliphatic carbocycles. The Hall–Kier alpha value is -4.15. The van der Waals surface area contributed by atoms with E-state index in [0.29, 0.717) is 35.7 Å². The van der Waals surface area contributed by atoms with Crippen LogP contribution in [0.1, 0.15) is 52.9 Å². The number of hydrazine groups is 1. The lowest BCUT2D eigenvalue weighted by molar-refractivity contribution is -0.114. The summed E-state index contributed by atoms with van der Waals surface area (Å²) in [5.74, 6) is -0.262. The van der Waals surface area contributed by atoms with Crippen molar-refractivity contribution in [2.75, 3.05) is 30.9 Å². The van der Waals surface area contributed by atoms with Gasteiger partial charge >= 0.3 is 0 Å². The van der Waals surface area contributed by atoms with Gasteiger partial charge in [-0.2, -0.15) is 0 Å². The number of phenols is 1. The zero-order valence-corrected chi connectivity index (χ0v) is 21.9. The minimum atomic E-state index is -0.298.